The van der Waals surface area contributed by atoms with Gasteiger partial charge in [0.05, 0.1) is 12.0 Å². The van der Waals surface area contributed by atoms with Gasteiger partial charge in [0.15, 0.2) is 0 Å². The van der Waals surface area contributed by atoms with E-state index in [0.717, 1.165) is 55.3 Å². The number of rotatable bonds is 9. The number of carbonyl (C=O) groups is 1. The first-order chi connectivity index (χ1) is 14.6. The van der Waals surface area contributed by atoms with Crippen LogP contribution in [0.4, 0.5) is 0 Å². The third-order valence-electron chi connectivity index (χ3n) is 9.28. The molecule has 2 nitrogen and oxygen atoms in total. The van der Waals surface area contributed by atoms with Crippen LogP contribution < -0.4 is 0 Å². The largest absolute Gasteiger partial charge is 0.465 e. The molecule has 0 unspecified atom stereocenters. The van der Waals surface area contributed by atoms with Gasteiger partial charge in [-0.3, -0.25) is 4.79 Å². The van der Waals surface area contributed by atoms with Crippen LogP contribution in [0.1, 0.15) is 130 Å². The van der Waals surface area contributed by atoms with Crippen LogP contribution in [0.2, 0.25) is 0 Å². The summed E-state index contributed by atoms with van der Waals surface area (Å²) in [4.78, 5) is 13.2. The Labute approximate surface area is 187 Å². The van der Waals surface area contributed by atoms with E-state index in [9.17, 15) is 4.79 Å². The molecule has 2 heteroatoms. The second-order valence-electron chi connectivity index (χ2n) is 11.5. The molecule has 174 valence electrons. The molecule has 3 saturated carbocycles. The maximum Gasteiger partial charge on any atom is 0.312 e. The van der Waals surface area contributed by atoms with Gasteiger partial charge >= 0.3 is 5.97 Å². The Morgan fingerprint density at radius 3 is 1.90 bits per heavy atom. The van der Waals surface area contributed by atoms with E-state index in [-0.39, 0.29) is 11.4 Å². The molecule has 0 bridgehead atoms. The fourth-order valence-corrected chi connectivity index (χ4v) is 7.02. The Balaban J connectivity index is 1.53. The minimum Gasteiger partial charge on any atom is -0.465 e. The lowest BCUT2D eigenvalue weighted by Crippen LogP contribution is -2.39. The molecule has 0 N–H and O–H groups in total. The fourth-order valence-electron chi connectivity index (χ4n) is 7.02. The van der Waals surface area contributed by atoms with Crippen LogP contribution in [0.15, 0.2) is 0 Å². The normalized spacial score (nSPS) is 37.6. The molecule has 0 spiro atoms. The van der Waals surface area contributed by atoms with Gasteiger partial charge in [0.2, 0.25) is 0 Å². The summed E-state index contributed by atoms with van der Waals surface area (Å²) in [6.07, 6.45) is 22.1. The lowest BCUT2D eigenvalue weighted by molar-refractivity contribution is -0.160. The van der Waals surface area contributed by atoms with Gasteiger partial charge in [0.1, 0.15) is 0 Å². The van der Waals surface area contributed by atoms with E-state index in [1.807, 2.05) is 0 Å². The third kappa shape index (κ3) is 6.49. The molecule has 0 aromatic rings. The molecule has 3 rings (SSSR count). The maximum atomic E-state index is 13.2. The van der Waals surface area contributed by atoms with Gasteiger partial charge in [-0.05, 0) is 87.4 Å². The predicted molar refractivity (Wildman–Crippen MR) is 126 cm³/mol. The van der Waals surface area contributed by atoms with Crippen LogP contribution in [-0.2, 0) is 9.53 Å². The highest BCUT2D eigenvalue weighted by molar-refractivity contribution is 5.77. The Kier molecular flexibility index (Phi) is 9.58. The zero-order chi connectivity index (χ0) is 21.4. The van der Waals surface area contributed by atoms with Gasteiger partial charge < -0.3 is 4.74 Å². The van der Waals surface area contributed by atoms with Crippen LogP contribution in [0.5, 0.6) is 0 Å². The number of esters is 1. The van der Waals surface area contributed by atoms with Crippen molar-refractivity contribution in [2.45, 2.75) is 130 Å². The minimum atomic E-state index is -0.159. The van der Waals surface area contributed by atoms with Crippen LogP contribution in [0, 0.1) is 35.0 Å². The van der Waals surface area contributed by atoms with Crippen LogP contribution >= 0.6 is 0 Å². The molecule has 0 aromatic carbocycles. The standard InChI is InChI=1S/C28H50O2/c1-4-6-23-9-11-24(12-10-23)15-18-28(27(29)30-21-5-2)19-16-26(17-20-28)25-13-7-22(3)8-14-25/h22-26H,4-21H2,1-3H3/t22?,23-,24-,25?,26?,28?. The summed E-state index contributed by atoms with van der Waals surface area (Å²) < 4.78 is 5.78. The number of hydrogen-bond acceptors (Lipinski definition) is 2. The van der Waals surface area contributed by atoms with Crippen molar-refractivity contribution in [2.24, 2.45) is 35.0 Å². The molecule has 3 fully saturated rings. The van der Waals surface area contributed by atoms with Crippen molar-refractivity contribution in [2.75, 3.05) is 6.61 Å². The van der Waals surface area contributed by atoms with Gasteiger partial charge in [-0.2, -0.15) is 0 Å². The monoisotopic (exact) mass is 418 g/mol. The van der Waals surface area contributed by atoms with Crippen LogP contribution in [0.25, 0.3) is 0 Å². The topological polar surface area (TPSA) is 26.3 Å². The Bertz CT molecular complexity index is 489. The molecule has 0 amide bonds. The Morgan fingerprint density at radius 1 is 0.767 bits per heavy atom. The summed E-state index contributed by atoms with van der Waals surface area (Å²) in [5.41, 5.74) is -0.159. The second-order valence-corrected chi connectivity index (χ2v) is 11.5. The zero-order valence-corrected chi connectivity index (χ0v) is 20.4. The summed E-state index contributed by atoms with van der Waals surface area (Å²) in [5, 5.41) is 0. The average molecular weight is 419 g/mol. The first kappa shape index (κ1) is 24.1. The van der Waals surface area contributed by atoms with E-state index >= 15 is 0 Å². The van der Waals surface area contributed by atoms with Crippen LogP contribution in [-0.4, -0.2) is 12.6 Å². The highest BCUT2D eigenvalue weighted by Crippen LogP contribution is 2.49. The minimum absolute atomic E-state index is 0.153. The summed E-state index contributed by atoms with van der Waals surface area (Å²) in [5.74, 6) is 4.71. The van der Waals surface area contributed by atoms with E-state index in [1.165, 1.54) is 83.5 Å². The van der Waals surface area contributed by atoms with E-state index in [1.54, 1.807) is 0 Å². The summed E-state index contributed by atoms with van der Waals surface area (Å²) in [7, 11) is 0. The van der Waals surface area contributed by atoms with E-state index in [0.29, 0.717) is 6.61 Å². The average Bonchev–Trinajstić information content (AvgIpc) is 2.78. The SMILES string of the molecule is CCCOC(=O)C1(CC[C@H]2CC[C@H](CCC)CC2)CCC(C2CCC(C)CC2)CC1. The smallest absolute Gasteiger partial charge is 0.312 e. The molecule has 0 radical (unpaired) electrons. The van der Waals surface area contributed by atoms with Crippen molar-refractivity contribution in [3.63, 3.8) is 0 Å². The number of ether oxygens (including phenoxy) is 1. The summed E-state index contributed by atoms with van der Waals surface area (Å²) in [6, 6.07) is 0. The first-order valence-corrected chi connectivity index (χ1v) is 13.7. The van der Waals surface area contributed by atoms with Gasteiger partial charge in [-0.25, -0.2) is 0 Å². The van der Waals surface area contributed by atoms with Gasteiger partial charge in [0, 0.05) is 0 Å². The quantitative estimate of drug-likeness (QED) is 0.352. The Morgan fingerprint density at radius 2 is 1.33 bits per heavy atom. The number of hydrogen-bond donors (Lipinski definition) is 0. The summed E-state index contributed by atoms with van der Waals surface area (Å²) >= 11 is 0. The fraction of sp³-hybridized carbons (Fsp3) is 0.964. The highest BCUT2D eigenvalue weighted by Gasteiger charge is 2.44. The van der Waals surface area contributed by atoms with Gasteiger partial charge in [-0.15, -0.1) is 0 Å². The van der Waals surface area contributed by atoms with E-state index in [4.69, 9.17) is 4.74 Å². The lowest BCUT2D eigenvalue weighted by atomic mass is 9.62. The molecular weight excluding hydrogens is 368 g/mol. The van der Waals surface area contributed by atoms with Crippen molar-refractivity contribution < 1.29 is 9.53 Å². The van der Waals surface area contributed by atoms with Crippen molar-refractivity contribution >= 4 is 5.97 Å². The Hall–Kier alpha value is -0.530. The van der Waals surface area contributed by atoms with Crippen LogP contribution in [0.3, 0.4) is 0 Å². The number of carbonyl (C=O) groups excluding carboxylic acids is 1. The van der Waals surface area contributed by atoms with Crippen molar-refractivity contribution in [1.29, 1.82) is 0 Å². The molecule has 0 aromatic heterocycles. The van der Waals surface area contributed by atoms with E-state index in [2.05, 4.69) is 20.8 Å². The molecule has 3 aliphatic rings. The van der Waals surface area contributed by atoms with Crippen molar-refractivity contribution in [3.05, 3.63) is 0 Å². The molecule has 3 aliphatic carbocycles. The molecular formula is C28H50O2. The molecule has 0 atom stereocenters. The molecule has 0 saturated heterocycles. The highest BCUT2D eigenvalue weighted by atomic mass is 16.5. The zero-order valence-electron chi connectivity index (χ0n) is 20.4. The molecule has 30 heavy (non-hydrogen) atoms. The van der Waals surface area contributed by atoms with Gasteiger partial charge in [0.25, 0.3) is 0 Å². The van der Waals surface area contributed by atoms with Crippen molar-refractivity contribution in [3.8, 4) is 0 Å². The van der Waals surface area contributed by atoms with Gasteiger partial charge in [-0.1, -0.05) is 72.1 Å². The molecule has 0 aliphatic heterocycles. The van der Waals surface area contributed by atoms with Crippen molar-refractivity contribution in [1.82, 2.24) is 0 Å². The third-order valence-corrected chi connectivity index (χ3v) is 9.28. The summed E-state index contributed by atoms with van der Waals surface area (Å²) in [6.45, 7) is 7.45. The van der Waals surface area contributed by atoms with E-state index < -0.39 is 0 Å². The first-order valence-electron chi connectivity index (χ1n) is 13.7. The second kappa shape index (κ2) is 11.9. The lowest BCUT2D eigenvalue weighted by Gasteiger charge is -2.43. The molecule has 0 heterocycles. The predicted octanol–water partition coefficient (Wildman–Crippen LogP) is 8.33. The maximum absolute atomic E-state index is 13.2.